The van der Waals surface area contributed by atoms with Crippen molar-refractivity contribution < 1.29 is 9.84 Å². The Morgan fingerprint density at radius 2 is 2.46 bits per heavy atom. The first-order chi connectivity index (χ1) is 6.35. The highest BCUT2D eigenvalue weighted by molar-refractivity contribution is 5.84. The van der Waals surface area contributed by atoms with Gasteiger partial charge in [-0.3, -0.25) is 0 Å². The Labute approximate surface area is 75.2 Å². The van der Waals surface area contributed by atoms with Crippen LogP contribution in [0, 0.1) is 0 Å². The van der Waals surface area contributed by atoms with Crippen LogP contribution in [0.1, 0.15) is 5.69 Å². The number of hydrogen-bond acceptors (Lipinski definition) is 3. The van der Waals surface area contributed by atoms with Gasteiger partial charge in [-0.1, -0.05) is 0 Å². The summed E-state index contributed by atoms with van der Waals surface area (Å²) in [6, 6.07) is 3.74. The lowest BCUT2D eigenvalue weighted by atomic mass is 10.3. The molecule has 2 N–H and O–H groups in total. The molecule has 2 rings (SSSR count). The third-order valence-corrected chi connectivity index (χ3v) is 1.93. The van der Waals surface area contributed by atoms with Crippen molar-refractivity contribution >= 4 is 10.9 Å². The van der Waals surface area contributed by atoms with Crippen molar-refractivity contribution in [1.29, 1.82) is 0 Å². The molecule has 0 aromatic carbocycles. The number of nitrogens with one attached hydrogen (secondary N) is 1. The van der Waals surface area contributed by atoms with E-state index < -0.39 is 0 Å². The summed E-state index contributed by atoms with van der Waals surface area (Å²) in [4.78, 5) is 7.07. The van der Waals surface area contributed by atoms with E-state index >= 15 is 0 Å². The number of aliphatic hydroxyl groups is 1. The number of aromatic amines is 1. The second kappa shape index (κ2) is 3.06. The maximum absolute atomic E-state index is 8.91. The number of H-pyrrole nitrogens is 1. The summed E-state index contributed by atoms with van der Waals surface area (Å²) in [5, 5.41) is 9.91. The van der Waals surface area contributed by atoms with Gasteiger partial charge in [0, 0.05) is 17.3 Å². The van der Waals surface area contributed by atoms with Crippen molar-refractivity contribution in [3.8, 4) is 5.88 Å². The molecule has 2 heterocycles. The molecule has 4 nitrogen and oxygen atoms in total. The summed E-state index contributed by atoms with van der Waals surface area (Å²) < 4.78 is 5.06. The third kappa shape index (κ3) is 1.25. The van der Waals surface area contributed by atoms with Crippen LogP contribution in [-0.2, 0) is 6.61 Å². The average molecular weight is 178 g/mol. The van der Waals surface area contributed by atoms with Crippen molar-refractivity contribution in [2.45, 2.75) is 6.61 Å². The molecule has 0 unspecified atom stereocenters. The van der Waals surface area contributed by atoms with E-state index in [1.165, 1.54) is 0 Å². The second-order valence-corrected chi connectivity index (χ2v) is 2.74. The van der Waals surface area contributed by atoms with E-state index in [-0.39, 0.29) is 6.61 Å². The van der Waals surface area contributed by atoms with Crippen molar-refractivity contribution in [1.82, 2.24) is 9.97 Å². The van der Waals surface area contributed by atoms with Crippen LogP contribution in [0.25, 0.3) is 10.9 Å². The van der Waals surface area contributed by atoms with E-state index in [0.29, 0.717) is 5.88 Å². The molecule has 2 aromatic heterocycles. The molecular weight excluding hydrogens is 168 g/mol. The Balaban J connectivity index is 2.67. The van der Waals surface area contributed by atoms with Crippen LogP contribution >= 0.6 is 0 Å². The molecule has 0 spiro atoms. The molecule has 0 saturated carbocycles. The summed E-state index contributed by atoms with van der Waals surface area (Å²) >= 11 is 0. The SMILES string of the molecule is COc1nccc2cc(CO)[nH]c12. The first-order valence-electron chi connectivity index (χ1n) is 3.96. The molecule has 68 valence electrons. The smallest absolute Gasteiger partial charge is 0.238 e. The molecule has 0 bridgehead atoms. The quantitative estimate of drug-likeness (QED) is 0.723. The van der Waals surface area contributed by atoms with Gasteiger partial charge in [0.25, 0.3) is 0 Å². The minimum absolute atomic E-state index is 0.00215. The maximum atomic E-state index is 8.91. The number of fused-ring (bicyclic) bond motifs is 1. The van der Waals surface area contributed by atoms with E-state index in [9.17, 15) is 0 Å². The van der Waals surface area contributed by atoms with Crippen LogP contribution in [0.4, 0.5) is 0 Å². The molecule has 0 amide bonds. The van der Waals surface area contributed by atoms with Gasteiger partial charge in [0.15, 0.2) is 0 Å². The number of pyridine rings is 1. The number of ether oxygens (including phenoxy) is 1. The van der Waals surface area contributed by atoms with Crippen LogP contribution < -0.4 is 4.74 Å². The van der Waals surface area contributed by atoms with E-state index in [4.69, 9.17) is 9.84 Å². The Morgan fingerprint density at radius 1 is 1.62 bits per heavy atom. The van der Waals surface area contributed by atoms with Crippen molar-refractivity contribution in [3.63, 3.8) is 0 Å². The van der Waals surface area contributed by atoms with Gasteiger partial charge < -0.3 is 14.8 Å². The minimum atomic E-state index is -0.00215. The van der Waals surface area contributed by atoms with E-state index in [1.54, 1.807) is 13.3 Å². The monoisotopic (exact) mass is 178 g/mol. The molecule has 0 atom stereocenters. The number of aromatic nitrogens is 2. The van der Waals surface area contributed by atoms with E-state index in [1.807, 2.05) is 12.1 Å². The minimum Gasteiger partial charge on any atom is -0.479 e. The number of hydrogen-bond donors (Lipinski definition) is 2. The fourth-order valence-electron chi connectivity index (χ4n) is 1.33. The molecule has 0 saturated heterocycles. The van der Waals surface area contributed by atoms with Crippen LogP contribution in [-0.4, -0.2) is 22.2 Å². The first kappa shape index (κ1) is 8.07. The molecule has 0 aliphatic carbocycles. The third-order valence-electron chi connectivity index (χ3n) is 1.93. The van der Waals surface area contributed by atoms with E-state index in [0.717, 1.165) is 16.6 Å². The molecule has 2 aromatic rings. The summed E-state index contributed by atoms with van der Waals surface area (Å²) in [6.45, 7) is -0.00215. The largest absolute Gasteiger partial charge is 0.479 e. The van der Waals surface area contributed by atoms with Gasteiger partial charge in [0.2, 0.25) is 5.88 Å². The van der Waals surface area contributed by atoms with Gasteiger partial charge in [-0.05, 0) is 12.1 Å². The van der Waals surface area contributed by atoms with E-state index in [2.05, 4.69) is 9.97 Å². The molecule has 0 fully saturated rings. The zero-order chi connectivity index (χ0) is 9.26. The summed E-state index contributed by atoms with van der Waals surface area (Å²) in [6.07, 6.45) is 1.68. The van der Waals surface area contributed by atoms with Gasteiger partial charge >= 0.3 is 0 Å². The molecule has 0 aliphatic heterocycles. The Hall–Kier alpha value is -1.55. The van der Waals surface area contributed by atoms with Gasteiger partial charge in [-0.15, -0.1) is 0 Å². The zero-order valence-electron chi connectivity index (χ0n) is 7.24. The predicted molar refractivity (Wildman–Crippen MR) is 48.6 cm³/mol. The van der Waals surface area contributed by atoms with Gasteiger partial charge in [0.05, 0.1) is 13.7 Å². The fourth-order valence-corrected chi connectivity index (χ4v) is 1.33. The highest BCUT2D eigenvalue weighted by Gasteiger charge is 2.05. The summed E-state index contributed by atoms with van der Waals surface area (Å²) in [7, 11) is 1.57. The van der Waals surface area contributed by atoms with Crippen molar-refractivity contribution in [2.24, 2.45) is 0 Å². The van der Waals surface area contributed by atoms with Crippen LogP contribution in [0.5, 0.6) is 5.88 Å². The predicted octanol–water partition coefficient (Wildman–Crippen LogP) is 1.06. The number of nitrogens with zero attached hydrogens (tertiary/aromatic N) is 1. The van der Waals surface area contributed by atoms with Crippen molar-refractivity contribution in [3.05, 3.63) is 24.0 Å². The topological polar surface area (TPSA) is 58.1 Å². The zero-order valence-corrected chi connectivity index (χ0v) is 7.24. The summed E-state index contributed by atoms with van der Waals surface area (Å²) in [5.74, 6) is 0.553. The fraction of sp³-hybridized carbons (Fsp3) is 0.222. The molecular formula is C9H10N2O2. The standard InChI is InChI=1S/C9H10N2O2/c1-13-9-8-6(2-3-10-9)4-7(5-12)11-8/h2-4,11-12H,5H2,1H3. The van der Waals surface area contributed by atoms with Gasteiger partial charge in [-0.2, -0.15) is 0 Å². The lowest BCUT2D eigenvalue weighted by molar-refractivity contribution is 0.278. The van der Waals surface area contributed by atoms with Gasteiger partial charge in [-0.25, -0.2) is 4.98 Å². The number of aliphatic hydroxyl groups excluding tert-OH is 1. The number of methoxy groups -OCH3 is 1. The molecule has 4 heteroatoms. The van der Waals surface area contributed by atoms with Crippen molar-refractivity contribution in [2.75, 3.05) is 7.11 Å². The normalized spacial score (nSPS) is 10.6. The van der Waals surface area contributed by atoms with Gasteiger partial charge in [0.1, 0.15) is 5.52 Å². The molecule has 13 heavy (non-hydrogen) atoms. The Morgan fingerprint density at radius 3 is 3.15 bits per heavy atom. The van der Waals surface area contributed by atoms with Crippen LogP contribution in [0.2, 0.25) is 0 Å². The van der Waals surface area contributed by atoms with Crippen LogP contribution in [0.15, 0.2) is 18.3 Å². The Kier molecular flexibility index (Phi) is 1.90. The highest BCUT2D eigenvalue weighted by Crippen LogP contribution is 2.22. The summed E-state index contributed by atoms with van der Waals surface area (Å²) in [5.41, 5.74) is 1.59. The first-order valence-corrected chi connectivity index (χ1v) is 3.96. The molecule has 0 radical (unpaired) electrons. The lowest BCUT2D eigenvalue weighted by Gasteiger charge is -1.98. The maximum Gasteiger partial charge on any atom is 0.238 e. The second-order valence-electron chi connectivity index (χ2n) is 2.74. The van der Waals surface area contributed by atoms with Crippen LogP contribution in [0.3, 0.4) is 0 Å². The molecule has 0 aliphatic rings. The average Bonchev–Trinajstić information content (AvgIpc) is 2.59. The Bertz CT molecular complexity index is 422. The highest BCUT2D eigenvalue weighted by atomic mass is 16.5. The lowest BCUT2D eigenvalue weighted by Crippen LogP contribution is -1.88. The number of rotatable bonds is 2.